The third kappa shape index (κ3) is 2.23. The quantitative estimate of drug-likeness (QED) is 0.752. The van der Waals surface area contributed by atoms with Gasteiger partial charge in [0.2, 0.25) is 0 Å². The Morgan fingerprint density at radius 2 is 2.12 bits per heavy atom. The predicted molar refractivity (Wildman–Crippen MR) is 70.1 cm³/mol. The summed E-state index contributed by atoms with van der Waals surface area (Å²) in [6.07, 6.45) is 3.99. The van der Waals surface area contributed by atoms with Crippen LogP contribution in [0, 0.1) is 5.92 Å². The van der Waals surface area contributed by atoms with Gasteiger partial charge in [-0.2, -0.15) is 0 Å². The van der Waals surface area contributed by atoms with Gasteiger partial charge in [-0.15, -0.1) is 0 Å². The first-order chi connectivity index (χ1) is 7.81. The lowest BCUT2D eigenvalue weighted by atomic mass is 9.84. The summed E-state index contributed by atoms with van der Waals surface area (Å²) >= 11 is 1.91. The summed E-state index contributed by atoms with van der Waals surface area (Å²) in [6, 6.07) is 1.18. The third-order valence-electron chi connectivity index (χ3n) is 4.06. The molecular weight excluding hydrogens is 218 g/mol. The van der Waals surface area contributed by atoms with Crippen LogP contribution in [-0.2, 0) is 0 Å². The zero-order valence-corrected chi connectivity index (χ0v) is 10.8. The Balaban J connectivity index is 1.67. The maximum absolute atomic E-state index is 4.95. The van der Waals surface area contributed by atoms with Gasteiger partial charge in [0.25, 0.3) is 0 Å². The number of piperidine rings is 3. The van der Waals surface area contributed by atoms with Crippen LogP contribution in [0.3, 0.4) is 0 Å². The van der Waals surface area contributed by atoms with E-state index in [4.69, 9.17) is 4.99 Å². The second kappa shape index (κ2) is 4.57. The highest BCUT2D eigenvalue weighted by atomic mass is 32.2. The monoisotopic (exact) mass is 239 g/mol. The Bertz CT molecular complexity index is 284. The summed E-state index contributed by atoms with van der Waals surface area (Å²) in [5, 5.41) is 4.72. The molecule has 16 heavy (non-hydrogen) atoms. The molecule has 2 bridgehead atoms. The highest BCUT2D eigenvalue weighted by Crippen LogP contribution is 2.30. The van der Waals surface area contributed by atoms with E-state index in [1.54, 1.807) is 0 Å². The van der Waals surface area contributed by atoms with Crippen LogP contribution in [0.2, 0.25) is 0 Å². The molecule has 3 nitrogen and oxygen atoms in total. The van der Waals surface area contributed by atoms with Crippen molar-refractivity contribution in [2.75, 3.05) is 25.4 Å². The summed E-state index contributed by atoms with van der Waals surface area (Å²) in [7, 11) is 0. The Kier molecular flexibility index (Phi) is 3.11. The largest absolute Gasteiger partial charge is 0.362 e. The molecule has 4 heteroatoms. The van der Waals surface area contributed by atoms with Gasteiger partial charge in [0, 0.05) is 18.3 Å². The third-order valence-corrected chi connectivity index (χ3v) is 5.00. The fraction of sp³-hybridized carbons (Fsp3) is 0.917. The van der Waals surface area contributed by atoms with E-state index in [1.807, 2.05) is 11.8 Å². The topological polar surface area (TPSA) is 27.6 Å². The van der Waals surface area contributed by atoms with Crippen molar-refractivity contribution in [1.82, 2.24) is 10.2 Å². The van der Waals surface area contributed by atoms with Crippen LogP contribution in [0.25, 0.3) is 0 Å². The van der Waals surface area contributed by atoms with Gasteiger partial charge in [0.15, 0.2) is 5.17 Å². The molecule has 4 aliphatic heterocycles. The number of hydrogen-bond donors (Lipinski definition) is 1. The average molecular weight is 239 g/mol. The molecule has 0 saturated carbocycles. The Labute approximate surface area is 102 Å². The summed E-state index contributed by atoms with van der Waals surface area (Å²) in [4.78, 5) is 7.53. The molecule has 0 radical (unpaired) electrons. The highest BCUT2D eigenvalue weighted by molar-refractivity contribution is 8.13. The Hall–Kier alpha value is -0.220. The van der Waals surface area contributed by atoms with Crippen molar-refractivity contribution in [2.45, 2.75) is 38.3 Å². The van der Waals surface area contributed by atoms with Crippen LogP contribution in [0.4, 0.5) is 0 Å². The lowest BCUT2D eigenvalue weighted by molar-refractivity contribution is 0.0906. The Morgan fingerprint density at radius 3 is 2.75 bits per heavy atom. The van der Waals surface area contributed by atoms with Gasteiger partial charge in [-0.3, -0.25) is 4.99 Å². The Morgan fingerprint density at radius 1 is 1.31 bits per heavy atom. The van der Waals surface area contributed by atoms with Crippen molar-refractivity contribution in [3.8, 4) is 0 Å². The molecule has 0 amide bonds. The molecule has 0 aromatic heterocycles. The van der Waals surface area contributed by atoms with Crippen LogP contribution in [0.5, 0.6) is 0 Å². The molecular formula is C12H21N3S. The van der Waals surface area contributed by atoms with E-state index >= 15 is 0 Å². The smallest absolute Gasteiger partial charge is 0.157 e. The van der Waals surface area contributed by atoms with Crippen molar-refractivity contribution >= 4 is 16.9 Å². The zero-order valence-electron chi connectivity index (χ0n) is 9.98. The number of hydrogen-bond acceptors (Lipinski definition) is 3. The van der Waals surface area contributed by atoms with E-state index in [2.05, 4.69) is 17.1 Å². The molecule has 4 fully saturated rings. The molecule has 0 spiro atoms. The molecule has 1 N–H and O–H groups in total. The van der Waals surface area contributed by atoms with Crippen LogP contribution >= 0.6 is 11.8 Å². The second-order valence-corrected chi connectivity index (χ2v) is 6.41. The maximum atomic E-state index is 4.95. The van der Waals surface area contributed by atoms with Gasteiger partial charge in [-0.05, 0) is 45.2 Å². The summed E-state index contributed by atoms with van der Waals surface area (Å²) in [6.45, 7) is 6.07. The van der Waals surface area contributed by atoms with Gasteiger partial charge < -0.3 is 10.2 Å². The van der Waals surface area contributed by atoms with E-state index in [1.165, 1.54) is 49.8 Å². The zero-order chi connectivity index (χ0) is 11.0. The van der Waals surface area contributed by atoms with Gasteiger partial charge in [0.05, 0.1) is 6.04 Å². The number of aliphatic imine (C=N–C) groups is 1. The molecule has 4 saturated heterocycles. The predicted octanol–water partition coefficient (Wildman–Crippen LogP) is 1.55. The second-order valence-electron chi connectivity index (χ2n) is 5.32. The fourth-order valence-electron chi connectivity index (χ4n) is 2.96. The molecule has 0 aliphatic carbocycles. The minimum Gasteiger partial charge on any atom is -0.362 e. The van der Waals surface area contributed by atoms with Gasteiger partial charge in [0.1, 0.15) is 0 Å². The van der Waals surface area contributed by atoms with Crippen LogP contribution in [0.15, 0.2) is 4.99 Å². The standard InChI is InChI=1S/C12H21N3S/c1-9-4-7-16-12(13-9)14-11-8-15-5-2-10(11)3-6-15/h9-11H,2-8H2,1H3,(H,13,14). The summed E-state index contributed by atoms with van der Waals surface area (Å²) in [5.74, 6) is 2.09. The normalized spacial score (nSPS) is 45.7. The summed E-state index contributed by atoms with van der Waals surface area (Å²) in [5.41, 5.74) is 0. The van der Waals surface area contributed by atoms with Crippen molar-refractivity contribution in [3.05, 3.63) is 0 Å². The van der Waals surface area contributed by atoms with Gasteiger partial charge in [-0.1, -0.05) is 11.8 Å². The number of nitrogens with zero attached hydrogens (tertiary/aromatic N) is 2. The number of amidine groups is 1. The lowest BCUT2D eigenvalue weighted by Gasteiger charge is -2.43. The number of fused-ring (bicyclic) bond motifs is 3. The van der Waals surface area contributed by atoms with E-state index in [-0.39, 0.29) is 0 Å². The lowest BCUT2D eigenvalue weighted by Crippen LogP contribution is -2.50. The average Bonchev–Trinajstić information content (AvgIpc) is 2.30. The van der Waals surface area contributed by atoms with Crippen molar-refractivity contribution in [1.29, 1.82) is 0 Å². The van der Waals surface area contributed by atoms with Crippen LogP contribution < -0.4 is 5.32 Å². The summed E-state index contributed by atoms with van der Waals surface area (Å²) < 4.78 is 0. The minimum absolute atomic E-state index is 0.572. The first-order valence-electron chi connectivity index (χ1n) is 6.51. The van der Waals surface area contributed by atoms with Crippen molar-refractivity contribution < 1.29 is 0 Å². The van der Waals surface area contributed by atoms with Gasteiger partial charge >= 0.3 is 0 Å². The SMILES string of the molecule is CC1CCSC(=NC2CN3CCC2CC3)N1. The number of nitrogens with one attached hydrogen (secondary N) is 1. The van der Waals surface area contributed by atoms with E-state index in [0.717, 1.165) is 5.92 Å². The molecule has 4 heterocycles. The van der Waals surface area contributed by atoms with Crippen LogP contribution in [0.1, 0.15) is 26.2 Å². The number of rotatable bonds is 1. The molecule has 0 aromatic carbocycles. The maximum Gasteiger partial charge on any atom is 0.157 e. The molecule has 0 aromatic rings. The van der Waals surface area contributed by atoms with E-state index < -0.39 is 0 Å². The molecule has 2 unspecified atom stereocenters. The molecule has 90 valence electrons. The number of thioether (sulfide) groups is 1. The molecule has 2 atom stereocenters. The van der Waals surface area contributed by atoms with E-state index in [0.29, 0.717) is 12.1 Å². The fourth-order valence-corrected chi connectivity index (χ4v) is 4.12. The first kappa shape index (κ1) is 10.9. The molecule has 4 rings (SSSR count). The van der Waals surface area contributed by atoms with Crippen LogP contribution in [-0.4, -0.2) is 47.5 Å². The highest BCUT2D eigenvalue weighted by Gasteiger charge is 2.34. The first-order valence-corrected chi connectivity index (χ1v) is 7.49. The van der Waals surface area contributed by atoms with Gasteiger partial charge in [-0.25, -0.2) is 0 Å². The minimum atomic E-state index is 0.572. The van der Waals surface area contributed by atoms with Crippen molar-refractivity contribution in [3.63, 3.8) is 0 Å². The van der Waals surface area contributed by atoms with E-state index in [9.17, 15) is 0 Å². The van der Waals surface area contributed by atoms with Crippen molar-refractivity contribution in [2.24, 2.45) is 10.9 Å². The molecule has 4 aliphatic rings.